The van der Waals surface area contributed by atoms with Crippen molar-refractivity contribution >= 4 is 51.1 Å². The minimum atomic E-state index is -4.43. The minimum Gasteiger partial charge on any atom is -0.465 e. The zero-order valence-corrected chi connectivity index (χ0v) is 24.0. The molecule has 2 aromatic carbocycles. The van der Waals surface area contributed by atoms with Gasteiger partial charge in [-0.1, -0.05) is 42.5 Å². The highest BCUT2D eigenvalue weighted by Crippen LogP contribution is 2.25. The van der Waals surface area contributed by atoms with Gasteiger partial charge in [-0.15, -0.1) is 11.3 Å². The van der Waals surface area contributed by atoms with Crippen molar-refractivity contribution in [3.63, 3.8) is 0 Å². The maximum absolute atomic E-state index is 13.5. The first-order valence-electron chi connectivity index (χ1n) is 12.4. The highest BCUT2D eigenvalue weighted by Gasteiger charge is 2.26. The molecule has 0 saturated heterocycles. The molecule has 2 amide bonds. The Labute approximate surface area is 241 Å². The third kappa shape index (κ3) is 10.7. The largest absolute Gasteiger partial charge is 0.465 e. The number of nitrogens with zero attached hydrogens (tertiary/aromatic N) is 1. The highest BCUT2D eigenvalue weighted by atomic mass is 32.2. The number of carbonyl (C=O) groups is 3. The van der Waals surface area contributed by atoms with Crippen LogP contribution in [0.1, 0.15) is 29.1 Å². The Balaban J connectivity index is 1.84. The van der Waals surface area contributed by atoms with Gasteiger partial charge in [0.2, 0.25) is 5.91 Å². The van der Waals surface area contributed by atoms with Crippen LogP contribution in [-0.2, 0) is 42.2 Å². The molecule has 1 aromatic heterocycles. The molecule has 0 unspecified atom stereocenters. The SMILES string of the molecule is CCOC(=O)CNc1csc([C@H](Cc2ccc(NS(=O)(=O)O)cc2)NC(=O)[C@H](Cc2ccccc2)NC(=O)OC)n1. The van der Waals surface area contributed by atoms with E-state index in [1.807, 2.05) is 35.1 Å². The Morgan fingerprint density at radius 1 is 1.00 bits per heavy atom. The molecule has 41 heavy (non-hydrogen) atoms. The lowest BCUT2D eigenvalue weighted by molar-refractivity contribution is -0.140. The number of aromatic nitrogens is 1. The van der Waals surface area contributed by atoms with Gasteiger partial charge in [-0.05, 0) is 36.6 Å². The number of nitrogens with one attached hydrogen (secondary N) is 4. The molecule has 0 aliphatic rings. The van der Waals surface area contributed by atoms with Gasteiger partial charge >= 0.3 is 22.4 Å². The average Bonchev–Trinajstić information content (AvgIpc) is 3.41. The molecule has 0 spiro atoms. The predicted octanol–water partition coefficient (Wildman–Crippen LogP) is 2.70. The van der Waals surface area contributed by atoms with Crippen molar-refractivity contribution in [3.05, 3.63) is 76.1 Å². The lowest BCUT2D eigenvalue weighted by atomic mass is 10.0. The van der Waals surface area contributed by atoms with E-state index in [4.69, 9.17) is 14.0 Å². The molecule has 0 aliphatic heterocycles. The van der Waals surface area contributed by atoms with Gasteiger partial charge in [0.1, 0.15) is 23.4 Å². The van der Waals surface area contributed by atoms with Crippen molar-refractivity contribution in [1.29, 1.82) is 0 Å². The van der Waals surface area contributed by atoms with Crippen LogP contribution in [0.15, 0.2) is 60.0 Å². The van der Waals surface area contributed by atoms with E-state index >= 15 is 0 Å². The Morgan fingerprint density at radius 2 is 1.68 bits per heavy atom. The molecule has 0 aliphatic carbocycles. The summed E-state index contributed by atoms with van der Waals surface area (Å²) in [5.41, 5.74) is 1.69. The summed E-state index contributed by atoms with van der Waals surface area (Å²) >= 11 is 1.25. The number of benzene rings is 2. The molecule has 3 rings (SSSR count). The summed E-state index contributed by atoms with van der Waals surface area (Å²) in [5.74, 6) is -0.508. The number of carbonyl (C=O) groups excluding carboxylic acids is 3. The molecule has 0 radical (unpaired) electrons. The quantitative estimate of drug-likeness (QED) is 0.135. The Kier molecular flexibility index (Phi) is 11.4. The van der Waals surface area contributed by atoms with Gasteiger partial charge in [0, 0.05) is 11.8 Å². The third-order valence-corrected chi connectivity index (χ3v) is 7.02. The van der Waals surface area contributed by atoms with E-state index < -0.39 is 40.4 Å². The van der Waals surface area contributed by atoms with E-state index in [1.165, 1.54) is 30.6 Å². The van der Waals surface area contributed by atoms with Crippen LogP contribution in [0.25, 0.3) is 0 Å². The van der Waals surface area contributed by atoms with E-state index in [0.29, 0.717) is 16.4 Å². The number of methoxy groups -OCH3 is 1. The van der Waals surface area contributed by atoms with Crippen molar-refractivity contribution in [3.8, 4) is 0 Å². The van der Waals surface area contributed by atoms with Crippen LogP contribution >= 0.6 is 11.3 Å². The topological polar surface area (TPSA) is 185 Å². The molecule has 0 bridgehead atoms. The van der Waals surface area contributed by atoms with E-state index in [-0.39, 0.29) is 31.7 Å². The summed E-state index contributed by atoms with van der Waals surface area (Å²) < 4.78 is 42.8. The first kappa shape index (κ1) is 31.3. The molecule has 15 heteroatoms. The fourth-order valence-corrected chi connectivity index (χ4v) is 4.99. The maximum Gasteiger partial charge on any atom is 0.407 e. The van der Waals surface area contributed by atoms with Crippen molar-refractivity contribution < 1.29 is 36.8 Å². The Bertz CT molecular complexity index is 1420. The van der Waals surface area contributed by atoms with Crippen LogP contribution in [-0.4, -0.2) is 62.2 Å². The molecule has 0 saturated carbocycles. The number of amides is 2. The van der Waals surface area contributed by atoms with E-state index in [1.54, 1.807) is 24.4 Å². The molecule has 1 heterocycles. The van der Waals surface area contributed by atoms with Gasteiger partial charge in [0.05, 0.1) is 25.4 Å². The maximum atomic E-state index is 13.5. The number of hydrogen-bond acceptors (Lipinski definition) is 10. The highest BCUT2D eigenvalue weighted by molar-refractivity contribution is 7.87. The first-order valence-corrected chi connectivity index (χ1v) is 14.8. The molecule has 0 fully saturated rings. The first-order chi connectivity index (χ1) is 19.6. The van der Waals surface area contributed by atoms with Crippen LogP contribution in [0.5, 0.6) is 0 Å². The zero-order chi connectivity index (χ0) is 29.8. The normalized spacial score (nSPS) is 12.5. The van der Waals surface area contributed by atoms with E-state index in [2.05, 4.69) is 20.9 Å². The molecular formula is C26H31N5O8S2. The van der Waals surface area contributed by atoms with Crippen molar-refractivity contribution in [2.45, 2.75) is 31.8 Å². The Morgan fingerprint density at radius 3 is 2.32 bits per heavy atom. The van der Waals surface area contributed by atoms with Gasteiger partial charge in [-0.2, -0.15) is 8.42 Å². The third-order valence-electron chi connectivity index (χ3n) is 5.57. The number of ether oxygens (including phenoxy) is 2. The van der Waals surface area contributed by atoms with Crippen molar-refractivity contribution in [2.75, 3.05) is 30.3 Å². The molecule has 3 aromatic rings. The van der Waals surface area contributed by atoms with Gasteiger partial charge in [0.25, 0.3) is 0 Å². The average molecular weight is 606 g/mol. The summed E-state index contributed by atoms with van der Waals surface area (Å²) in [4.78, 5) is 41.8. The second-order valence-corrected chi connectivity index (χ2v) is 10.7. The number of rotatable bonds is 14. The fraction of sp³-hybridized carbons (Fsp3) is 0.308. The molecule has 2 atom stereocenters. The zero-order valence-electron chi connectivity index (χ0n) is 22.3. The number of esters is 1. The van der Waals surface area contributed by atoms with Gasteiger partial charge < -0.3 is 25.4 Å². The number of thiazole rings is 1. The van der Waals surface area contributed by atoms with E-state index in [9.17, 15) is 22.8 Å². The summed E-state index contributed by atoms with van der Waals surface area (Å²) in [6.45, 7) is 1.87. The van der Waals surface area contributed by atoms with Crippen LogP contribution in [0.3, 0.4) is 0 Å². The summed E-state index contributed by atoms with van der Waals surface area (Å²) in [6.07, 6.45) is -0.312. The predicted molar refractivity (Wildman–Crippen MR) is 153 cm³/mol. The number of anilines is 2. The Hall–Kier alpha value is -4.21. The van der Waals surface area contributed by atoms with Crippen LogP contribution in [0, 0.1) is 0 Å². The fourth-order valence-electron chi connectivity index (χ4n) is 3.73. The van der Waals surface area contributed by atoms with Crippen LogP contribution in [0.4, 0.5) is 16.3 Å². The van der Waals surface area contributed by atoms with Gasteiger partial charge in [-0.3, -0.25) is 18.9 Å². The van der Waals surface area contributed by atoms with Crippen molar-refractivity contribution in [2.24, 2.45) is 0 Å². The monoisotopic (exact) mass is 605 g/mol. The minimum absolute atomic E-state index is 0.0849. The molecular weight excluding hydrogens is 574 g/mol. The second kappa shape index (κ2) is 15.0. The van der Waals surface area contributed by atoms with Crippen LogP contribution in [0.2, 0.25) is 0 Å². The second-order valence-electron chi connectivity index (χ2n) is 8.65. The lowest BCUT2D eigenvalue weighted by Gasteiger charge is -2.22. The van der Waals surface area contributed by atoms with Crippen LogP contribution < -0.4 is 20.7 Å². The summed E-state index contributed by atoms with van der Waals surface area (Å²) in [7, 11) is -3.23. The standard InChI is InChI=1S/C26H31N5O8S2/c1-3-39-23(32)15-27-22-16-40-25(30-22)21(14-18-9-11-19(12-10-18)31-41(35,36)37)28-24(33)20(29-26(34)38-2)13-17-7-5-4-6-8-17/h4-12,16,20-21,27,31H,3,13-15H2,1-2H3,(H,28,33)(H,29,34)(H,35,36,37)/t20-,21-/m0/s1. The molecule has 220 valence electrons. The summed E-state index contributed by atoms with van der Waals surface area (Å²) in [5, 5.41) is 10.6. The van der Waals surface area contributed by atoms with Gasteiger partial charge in [0.15, 0.2) is 0 Å². The smallest absolute Gasteiger partial charge is 0.407 e. The number of alkyl carbamates (subject to hydrolysis) is 1. The molecule has 13 nitrogen and oxygen atoms in total. The summed E-state index contributed by atoms with van der Waals surface area (Å²) in [6, 6.07) is 13.7. The van der Waals surface area contributed by atoms with Crippen molar-refractivity contribution in [1.82, 2.24) is 15.6 Å². The van der Waals surface area contributed by atoms with E-state index in [0.717, 1.165) is 5.56 Å². The van der Waals surface area contributed by atoms with Gasteiger partial charge in [-0.25, -0.2) is 9.78 Å². The lowest BCUT2D eigenvalue weighted by Crippen LogP contribution is -2.49. The molecule has 5 N–H and O–H groups in total. The number of hydrogen-bond donors (Lipinski definition) is 5.